The Hall–Kier alpha value is -4.99. The number of carbonyl (C=O) groups is 2. The lowest BCUT2D eigenvalue weighted by Gasteiger charge is -2.25. The lowest BCUT2D eigenvalue weighted by Crippen LogP contribution is -2.40. The van der Waals surface area contributed by atoms with Gasteiger partial charge in [-0.15, -0.1) is 0 Å². The Morgan fingerprint density at radius 1 is 1.02 bits per heavy atom. The molecule has 43 heavy (non-hydrogen) atoms. The number of thiazole rings is 1. The number of para-hydroxylation sites is 1. The van der Waals surface area contributed by atoms with Gasteiger partial charge < -0.3 is 14.8 Å². The van der Waals surface area contributed by atoms with Crippen LogP contribution in [0.3, 0.4) is 0 Å². The third-order valence-corrected chi connectivity index (χ3v) is 8.37. The second-order valence-corrected chi connectivity index (χ2v) is 11.4. The Morgan fingerprint density at radius 2 is 1.77 bits per heavy atom. The number of nitrogens with zero attached hydrogens (tertiary/aromatic N) is 2. The number of hydrogen-bond acceptors (Lipinski definition) is 6. The third-order valence-electron chi connectivity index (χ3n) is 7.08. The van der Waals surface area contributed by atoms with Gasteiger partial charge in [0.1, 0.15) is 11.5 Å². The van der Waals surface area contributed by atoms with Crippen LogP contribution in [-0.2, 0) is 4.79 Å². The van der Waals surface area contributed by atoms with E-state index in [1.54, 1.807) is 47.9 Å². The van der Waals surface area contributed by atoms with Gasteiger partial charge in [-0.1, -0.05) is 77.0 Å². The molecule has 0 bridgehead atoms. The van der Waals surface area contributed by atoms with Crippen LogP contribution in [0.4, 0.5) is 5.69 Å². The summed E-state index contributed by atoms with van der Waals surface area (Å²) in [5, 5.41) is 12.3. The first-order valence-corrected chi connectivity index (χ1v) is 14.5. The molecule has 0 saturated heterocycles. The van der Waals surface area contributed by atoms with Crippen LogP contribution in [-0.4, -0.2) is 21.6 Å². The number of carboxylic acids is 1. The molecule has 1 aliphatic rings. The van der Waals surface area contributed by atoms with Gasteiger partial charge in [-0.2, -0.15) is 0 Å². The molecule has 2 aromatic heterocycles. The summed E-state index contributed by atoms with van der Waals surface area (Å²) in [6, 6.07) is 24.2. The standard InChI is InChI=1S/C33H24ClN3O5S/c1-18-8-10-20(11-9-18)29-28(30(38)36-22-6-4-3-5-7-22)19(2)35-33-37(29)31(39)27(43-33)17-23-13-15-26(42-23)21-12-14-24(32(40)41)25(34)16-21/h3-17,29H,1-2H3,(H,36,38)(H,40,41)/b27-17-/t29-/m1/s1. The van der Waals surface area contributed by atoms with Crippen molar-refractivity contribution in [3.63, 3.8) is 0 Å². The van der Waals surface area contributed by atoms with E-state index in [9.17, 15) is 19.5 Å². The van der Waals surface area contributed by atoms with Crippen molar-refractivity contribution in [2.24, 2.45) is 4.99 Å². The summed E-state index contributed by atoms with van der Waals surface area (Å²) in [6.07, 6.45) is 1.63. The molecule has 0 radical (unpaired) electrons. The highest BCUT2D eigenvalue weighted by Gasteiger charge is 2.32. The summed E-state index contributed by atoms with van der Waals surface area (Å²) in [7, 11) is 0. The molecule has 1 atom stereocenters. The lowest BCUT2D eigenvalue weighted by atomic mass is 9.94. The topological polar surface area (TPSA) is 114 Å². The number of carbonyl (C=O) groups excluding carboxylic acids is 1. The molecule has 3 heterocycles. The third kappa shape index (κ3) is 5.48. The van der Waals surface area contributed by atoms with E-state index in [2.05, 4.69) is 10.3 Å². The van der Waals surface area contributed by atoms with Crippen molar-refractivity contribution < 1.29 is 19.1 Å². The molecule has 1 aliphatic heterocycles. The summed E-state index contributed by atoms with van der Waals surface area (Å²) < 4.78 is 7.92. The molecule has 214 valence electrons. The number of nitrogens with one attached hydrogen (secondary N) is 1. The van der Waals surface area contributed by atoms with Crippen molar-refractivity contribution in [2.45, 2.75) is 19.9 Å². The minimum absolute atomic E-state index is 0.00597. The number of allylic oxidation sites excluding steroid dienone is 1. The zero-order valence-electron chi connectivity index (χ0n) is 23.0. The van der Waals surface area contributed by atoms with Crippen molar-refractivity contribution in [2.75, 3.05) is 5.32 Å². The minimum Gasteiger partial charge on any atom is -0.478 e. The predicted octanol–water partition coefficient (Wildman–Crippen LogP) is 5.79. The molecule has 0 aliphatic carbocycles. The van der Waals surface area contributed by atoms with Gasteiger partial charge in [0, 0.05) is 17.3 Å². The highest BCUT2D eigenvalue weighted by Crippen LogP contribution is 2.31. The number of anilines is 1. The number of benzene rings is 3. The lowest BCUT2D eigenvalue weighted by molar-refractivity contribution is -0.113. The Kier molecular flexibility index (Phi) is 7.43. The Balaban J connectivity index is 1.42. The monoisotopic (exact) mass is 609 g/mol. The number of aromatic nitrogens is 1. The zero-order valence-corrected chi connectivity index (χ0v) is 24.6. The van der Waals surface area contributed by atoms with Gasteiger partial charge in [-0.05, 0) is 55.8 Å². The number of hydrogen-bond donors (Lipinski definition) is 2. The van der Waals surface area contributed by atoms with E-state index < -0.39 is 12.0 Å². The maximum Gasteiger partial charge on any atom is 0.337 e. The van der Waals surface area contributed by atoms with Gasteiger partial charge in [0.05, 0.1) is 32.4 Å². The summed E-state index contributed by atoms with van der Waals surface area (Å²) >= 11 is 7.35. The fourth-order valence-electron chi connectivity index (χ4n) is 4.95. The van der Waals surface area contributed by atoms with Gasteiger partial charge in [-0.3, -0.25) is 14.2 Å². The smallest absolute Gasteiger partial charge is 0.337 e. The Morgan fingerprint density at radius 3 is 2.47 bits per heavy atom. The van der Waals surface area contributed by atoms with E-state index in [1.165, 1.54) is 23.5 Å². The molecule has 0 fully saturated rings. The van der Waals surface area contributed by atoms with Crippen molar-refractivity contribution in [3.8, 4) is 11.3 Å². The zero-order chi connectivity index (χ0) is 30.2. The maximum absolute atomic E-state index is 13.9. The molecule has 0 unspecified atom stereocenters. The fraction of sp³-hybridized carbons (Fsp3) is 0.0909. The quantitative estimate of drug-likeness (QED) is 0.253. The van der Waals surface area contributed by atoms with E-state index in [1.807, 2.05) is 49.4 Å². The number of amides is 1. The summed E-state index contributed by atoms with van der Waals surface area (Å²) in [5.41, 5.74) is 3.67. The average molecular weight is 610 g/mol. The van der Waals surface area contributed by atoms with Crippen LogP contribution < -0.4 is 20.2 Å². The molecular weight excluding hydrogens is 586 g/mol. The van der Waals surface area contributed by atoms with Crippen molar-refractivity contribution >= 4 is 46.6 Å². The van der Waals surface area contributed by atoms with E-state index in [0.717, 1.165) is 11.1 Å². The number of carboxylic acid groups (broad SMARTS) is 1. The molecular formula is C33H24ClN3O5S. The number of halogens is 1. The van der Waals surface area contributed by atoms with Crippen molar-refractivity contribution in [3.05, 3.63) is 143 Å². The largest absolute Gasteiger partial charge is 0.478 e. The maximum atomic E-state index is 13.9. The normalized spacial score (nSPS) is 14.8. The van der Waals surface area contributed by atoms with Crippen LogP contribution in [0.15, 0.2) is 110 Å². The van der Waals surface area contributed by atoms with Crippen LogP contribution >= 0.6 is 22.9 Å². The molecule has 10 heteroatoms. The highest BCUT2D eigenvalue weighted by atomic mass is 35.5. The first-order valence-electron chi connectivity index (χ1n) is 13.3. The number of furan rings is 1. The first kappa shape index (κ1) is 28.1. The van der Waals surface area contributed by atoms with Crippen LogP contribution in [0.2, 0.25) is 5.02 Å². The van der Waals surface area contributed by atoms with Gasteiger partial charge >= 0.3 is 5.97 Å². The molecule has 5 aromatic rings. The number of fused-ring (bicyclic) bond motifs is 1. The highest BCUT2D eigenvalue weighted by molar-refractivity contribution is 7.07. The van der Waals surface area contributed by atoms with E-state index in [4.69, 9.17) is 16.0 Å². The molecule has 1 amide bonds. The first-order chi connectivity index (χ1) is 20.7. The van der Waals surface area contributed by atoms with Crippen LogP contribution in [0.5, 0.6) is 0 Å². The van der Waals surface area contributed by atoms with Crippen LogP contribution in [0.1, 0.15) is 40.2 Å². The van der Waals surface area contributed by atoms with Gasteiger partial charge in [-0.25, -0.2) is 9.79 Å². The summed E-state index contributed by atoms with van der Waals surface area (Å²) in [6.45, 7) is 3.75. The second-order valence-electron chi connectivity index (χ2n) is 10.0. The SMILES string of the molecule is CC1=C(C(=O)Nc2ccccc2)[C@@H](c2ccc(C)cc2)n2c(s/c(=C\c3ccc(-c4ccc(C(=O)O)c(Cl)c4)o3)c2=O)=N1. The van der Waals surface area contributed by atoms with E-state index in [0.29, 0.717) is 43.4 Å². The Labute approximate surface area is 254 Å². The molecule has 8 nitrogen and oxygen atoms in total. The number of aryl methyl sites for hydroxylation is 1. The van der Waals surface area contributed by atoms with Crippen LogP contribution in [0, 0.1) is 6.92 Å². The Bertz CT molecular complexity index is 2110. The van der Waals surface area contributed by atoms with Gasteiger partial charge in [0.25, 0.3) is 11.5 Å². The fourth-order valence-corrected chi connectivity index (χ4v) is 6.24. The van der Waals surface area contributed by atoms with E-state index >= 15 is 0 Å². The molecule has 3 aromatic carbocycles. The second kappa shape index (κ2) is 11.4. The summed E-state index contributed by atoms with van der Waals surface area (Å²) in [5.74, 6) is -0.572. The number of aromatic carboxylic acids is 1. The molecule has 2 N–H and O–H groups in total. The van der Waals surface area contributed by atoms with Crippen LogP contribution in [0.25, 0.3) is 17.4 Å². The van der Waals surface area contributed by atoms with Crippen molar-refractivity contribution in [1.82, 2.24) is 4.57 Å². The molecule has 0 saturated carbocycles. The van der Waals surface area contributed by atoms with E-state index in [-0.39, 0.29) is 22.1 Å². The van der Waals surface area contributed by atoms with Gasteiger partial charge in [0.15, 0.2) is 4.80 Å². The summed E-state index contributed by atoms with van der Waals surface area (Å²) in [4.78, 5) is 44.1. The molecule has 0 spiro atoms. The average Bonchev–Trinajstić information content (AvgIpc) is 3.57. The van der Waals surface area contributed by atoms with Crippen molar-refractivity contribution in [1.29, 1.82) is 0 Å². The minimum atomic E-state index is -1.12. The number of rotatable bonds is 6. The van der Waals surface area contributed by atoms with Gasteiger partial charge in [0.2, 0.25) is 0 Å². The predicted molar refractivity (Wildman–Crippen MR) is 166 cm³/mol. The molecule has 6 rings (SSSR count).